The monoisotopic (exact) mass is 429 g/mol. The van der Waals surface area contributed by atoms with Crippen LogP contribution in [-0.4, -0.2) is 48.1 Å². The molecule has 1 fully saturated rings. The van der Waals surface area contributed by atoms with Crippen molar-refractivity contribution in [3.63, 3.8) is 0 Å². The minimum absolute atomic E-state index is 0.403. The van der Waals surface area contributed by atoms with Crippen molar-refractivity contribution in [1.82, 2.24) is 5.32 Å². The Balaban J connectivity index is 1.89. The number of benzene rings is 2. The van der Waals surface area contributed by atoms with Crippen LogP contribution in [0.15, 0.2) is 36.4 Å². The third-order valence-corrected chi connectivity index (χ3v) is 5.97. The molecule has 31 heavy (non-hydrogen) atoms. The van der Waals surface area contributed by atoms with Crippen molar-refractivity contribution in [2.24, 2.45) is 0 Å². The van der Waals surface area contributed by atoms with Crippen molar-refractivity contribution in [1.29, 1.82) is 0 Å². The quantitative estimate of drug-likeness (QED) is 0.572. The summed E-state index contributed by atoms with van der Waals surface area (Å²) in [4.78, 5) is 0. The van der Waals surface area contributed by atoms with Crippen LogP contribution < -0.4 is 19.5 Å². The molecule has 1 heterocycles. The minimum atomic E-state index is -0.824. The fraction of sp³-hybridized carbons (Fsp3) is 0.520. The largest absolute Gasteiger partial charge is 0.493 e. The standard InChI is InChI=1S/C25H35NO5/c1-18-6-8-19(9-7-18)20(11-13-26-2)10-12-25(30-14-15-31-25)21-16-22(27-3)24(29-5)23(17-21)28-4/h6-9,16-17,20,26H,10-15H2,1-5H3. The van der Waals surface area contributed by atoms with Gasteiger partial charge in [-0.05, 0) is 57.0 Å². The molecule has 170 valence electrons. The summed E-state index contributed by atoms with van der Waals surface area (Å²) in [5.41, 5.74) is 3.50. The molecule has 0 aliphatic carbocycles. The lowest BCUT2D eigenvalue weighted by Gasteiger charge is -2.31. The number of nitrogens with one attached hydrogen (secondary N) is 1. The average Bonchev–Trinajstić information content (AvgIpc) is 3.29. The van der Waals surface area contributed by atoms with Crippen molar-refractivity contribution in [3.8, 4) is 17.2 Å². The second kappa shape index (κ2) is 10.8. The summed E-state index contributed by atoms with van der Waals surface area (Å²) < 4.78 is 29.0. The highest BCUT2D eigenvalue weighted by atomic mass is 16.7. The molecule has 0 aromatic heterocycles. The van der Waals surface area contributed by atoms with Gasteiger partial charge >= 0.3 is 0 Å². The van der Waals surface area contributed by atoms with Gasteiger partial charge in [0.05, 0.1) is 34.5 Å². The highest BCUT2D eigenvalue weighted by molar-refractivity contribution is 5.54. The summed E-state index contributed by atoms with van der Waals surface area (Å²) in [5, 5.41) is 3.28. The van der Waals surface area contributed by atoms with Crippen LogP contribution in [0.2, 0.25) is 0 Å². The van der Waals surface area contributed by atoms with E-state index in [1.54, 1.807) is 21.3 Å². The highest BCUT2D eigenvalue weighted by Crippen LogP contribution is 2.46. The van der Waals surface area contributed by atoms with Crippen LogP contribution in [0.1, 0.15) is 41.9 Å². The van der Waals surface area contributed by atoms with Crippen LogP contribution in [0, 0.1) is 6.92 Å². The van der Waals surface area contributed by atoms with Crippen LogP contribution in [0.4, 0.5) is 0 Å². The average molecular weight is 430 g/mol. The molecule has 1 aliphatic heterocycles. The van der Waals surface area contributed by atoms with Crippen molar-refractivity contribution in [3.05, 3.63) is 53.1 Å². The van der Waals surface area contributed by atoms with Gasteiger partial charge in [-0.25, -0.2) is 0 Å². The summed E-state index contributed by atoms with van der Waals surface area (Å²) in [5.74, 6) is 1.34. The zero-order chi connectivity index (χ0) is 22.3. The Kier molecular flexibility index (Phi) is 8.18. The van der Waals surface area contributed by atoms with E-state index in [1.165, 1.54) is 11.1 Å². The molecule has 0 spiro atoms. The van der Waals surface area contributed by atoms with Crippen LogP contribution in [0.5, 0.6) is 17.2 Å². The molecule has 0 bridgehead atoms. The van der Waals surface area contributed by atoms with E-state index in [1.807, 2.05) is 19.2 Å². The number of aryl methyl sites for hydroxylation is 1. The zero-order valence-corrected chi connectivity index (χ0v) is 19.3. The van der Waals surface area contributed by atoms with Crippen LogP contribution in [0.3, 0.4) is 0 Å². The van der Waals surface area contributed by atoms with Crippen molar-refractivity contribution < 1.29 is 23.7 Å². The molecule has 6 nitrogen and oxygen atoms in total. The summed E-state index contributed by atoms with van der Waals surface area (Å²) in [6.45, 7) is 4.19. The van der Waals surface area contributed by atoms with Gasteiger partial charge in [0, 0.05) is 12.0 Å². The number of hydrogen-bond donors (Lipinski definition) is 1. The molecule has 1 saturated heterocycles. The topological polar surface area (TPSA) is 58.2 Å². The molecule has 6 heteroatoms. The molecule has 1 unspecified atom stereocenters. The van der Waals surface area contributed by atoms with Gasteiger partial charge in [0.1, 0.15) is 0 Å². The van der Waals surface area contributed by atoms with E-state index < -0.39 is 5.79 Å². The predicted octanol–water partition coefficient (Wildman–Crippen LogP) is 4.39. The fourth-order valence-corrected chi connectivity index (χ4v) is 4.21. The van der Waals surface area contributed by atoms with Crippen LogP contribution >= 0.6 is 0 Å². The first-order valence-corrected chi connectivity index (χ1v) is 10.9. The number of hydrogen-bond acceptors (Lipinski definition) is 6. The van der Waals surface area contributed by atoms with Crippen LogP contribution in [0.25, 0.3) is 0 Å². The smallest absolute Gasteiger partial charge is 0.203 e. The molecule has 0 saturated carbocycles. The molecular formula is C25H35NO5. The Labute approximate surface area is 185 Å². The van der Waals surface area contributed by atoms with Gasteiger partial charge in [-0.15, -0.1) is 0 Å². The first kappa shape index (κ1) is 23.4. The van der Waals surface area contributed by atoms with Crippen molar-refractivity contribution in [2.45, 2.75) is 37.9 Å². The molecule has 0 radical (unpaired) electrons. The summed E-state index contributed by atoms with van der Waals surface area (Å²) in [7, 11) is 6.84. The number of ether oxygens (including phenoxy) is 5. The number of methoxy groups -OCH3 is 3. The Morgan fingerprint density at radius 1 is 0.935 bits per heavy atom. The van der Waals surface area contributed by atoms with Gasteiger partial charge in [0.15, 0.2) is 17.3 Å². The Bertz CT molecular complexity index is 805. The Hall–Kier alpha value is -2.28. The fourth-order valence-electron chi connectivity index (χ4n) is 4.21. The van der Waals surface area contributed by atoms with Gasteiger partial charge in [-0.1, -0.05) is 29.8 Å². The lowest BCUT2D eigenvalue weighted by molar-refractivity contribution is -0.172. The minimum Gasteiger partial charge on any atom is -0.493 e. The van der Waals surface area contributed by atoms with E-state index in [9.17, 15) is 0 Å². The molecular weight excluding hydrogens is 394 g/mol. The molecule has 0 amide bonds. The zero-order valence-electron chi connectivity index (χ0n) is 19.3. The molecule has 1 aliphatic rings. The van der Waals surface area contributed by atoms with E-state index in [0.29, 0.717) is 36.4 Å². The van der Waals surface area contributed by atoms with Gasteiger partial charge < -0.3 is 29.0 Å². The molecule has 2 aromatic rings. The second-order valence-electron chi connectivity index (χ2n) is 7.90. The van der Waals surface area contributed by atoms with E-state index in [-0.39, 0.29) is 0 Å². The third kappa shape index (κ3) is 5.32. The maximum atomic E-state index is 6.22. The van der Waals surface area contributed by atoms with Crippen LogP contribution in [-0.2, 0) is 15.3 Å². The maximum Gasteiger partial charge on any atom is 0.203 e. The van der Waals surface area contributed by atoms with Gasteiger partial charge in [0.2, 0.25) is 5.75 Å². The third-order valence-electron chi connectivity index (χ3n) is 5.97. The van der Waals surface area contributed by atoms with Gasteiger partial charge in [0.25, 0.3) is 0 Å². The van der Waals surface area contributed by atoms with Gasteiger partial charge in [-0.2, -0.15) is 0 Å². The maximum absolute atomic E-state index is 6.22. The number of rotatable bonds is 11. The summed E-state index contributed by atoms with van der Waals surface area (Å²) in [6.07, 6.45) is 2.71. The summed E-state index contributed by atoms with van der Waals surface area (Å²) in [6, 6.07) is 12.7. The van der Waals surface area contributed by atoms with Crippen molar-refractivity contribution >= 4 is 0 Å². The predicted molar refractivity (Wildman–Crippen MR) is 121 cm³/mol. The molecule has 1 N–H and O–H groups in total. The molecule has 3 rings (SSSR count). The first-order chi connectivity index (χ1) is 15.1. The summed E-state index contributed by atoms with van der Waals surface area (Å²) >= 11 is 0. The Morgan fingerprint density at radius 3 is 2.06 bits per heavy atom. The first-order valence-electron chi connectivity index (χ1n) is 10.9. The van der Waals surface area contributed by atoms with Gasteiger partial charge in [-0.3, -0.25) is 0 Å². The van der Waals surface area contributed by atoms with E-state index in [0.717, 1.165) is 31.4 Å². The normalized spacial score (nSPS) is 16.2. The van der Waals surface area contributed by atoms with E-state index in [2.05, 4.69) is 36.5 Å². The lowest BCUT2D eigenvalue weighted by Crippen LogP contribution is -2.28. The van der Waals surface area contributed by atoms with E-state index in [4.69, 9.17) is 23.7 Å². The molecule has 1 atom stereocenters. The van der Waals surface area contributed by atoms with E-state index >= 15 is 0 Å². The lowest BCUT2D eigenvalue weighted by atomic mass is 9.87. The highest BCUT2D eigenvalue weighted by Gasteiger charge is 2.40. The SMILES string of the molecule is CNCCC(CCC1(c2cc(OC)c(OC)c(OC)c2)OCCO1)c1ccc(C)cc1. The molecule has 2 aromatic carbocycles. The second-order valence-corrected chi connectivity index (χ2v) is 7.90. The van der Waals surface area contributed by atoms with Crippen molar-refractivity contribution in [2.75, 3.05) is 48.1 Å². The Morgan fingerprint density at radius 2 is 1.55 bits per heavy atom.